The minimum Gasteiger partial charge on any atom is -0.315 e. The largest absolute Gasteiger partial charge is 0.315 e. The van der Waals surface area contributed by atoms with E-state index in [0.29, 0.717) is 11.3 Å². The molecule has 1 unspecified atom stereocenters. The lowest BCUT2D eigenvalue weighted by Crippen LogP contribution is -2.26. The molecule has 0 radical (unpaired) electrons. The fourth-order valence-corrected chi connectivity index (χ4v) is 5.32. The van der Waals surface area contributed by atoms with Gasteiger partial charge in [-0.05, 0) is 23.4 Å². The van der Waals surface area contributed by atoms with Crippen LogP contribution < -0.4 is 10.2 Å². The van der Waals surface area contributed by atoms with Gasteiger partial charge in [-0.3, -0.25) is 4.79 Å². The summed E-state index contributed by atoms with van der Waals surface area (Å²) >= 11 is 5.02. The molecule has 0 amide bonds. The van der Waals surface area contributed by atoms with Gasteiger partial charge in [0.05, 0.1) is 4.21 Å². The van der Waals surface area contributed by atoms with Gasteiger partial charge in [0.2, 0.25) is 0 Å². The van der Waals surface area contributed by atoms with Gasteiger partial charge in [-0.25, -0.2) is 0 Å². The first-order valence-corrected chi connectivity index (χ1v) is 8.50. The maximum atomic E-state index is 11.1. The molecule has 0 bridgehead atoms. The zero-order valence-corrected chi connectivity index (χ0v) is 12.4. The van der Waals surface area contributed by atoms with E-state index in [4.69, 9.17) is 0 Å². The Morgan fingerprint density at radius 1 is 1.50 bits per heavy atom. The normalized spacial score (nSPS) is 22.9. The minimum atomic E-state index is 0.0237. The second kappa shape index (κ2) is 5.21. The van der Waals surface area contributed by atoms with Gasteiger partial charge in [-0.15, -0.1) is 23.1 Å². The Hall–Kier alpha value is -0.560. The van der Waals surface area contributed by atoms with E-state index in [9.17, 15) is 4.79 Å². The van der Waals surface area contributed by atoms with Crippen LogP contribution in [0, 0.1) is 0 Å². The third-order valence-corrected chi connectivity index (χ3v) is 6.08. The van der Waals surface area contributed by atoms with Crippen molar-refractivity contribution < 1.29 is 0 Å². The van der Waals surface area contributed by atoms with Gasteiger partial charge < -0.3 is 10.3 Å². The Bertz CT molecular complexity index is 586. The summed E-state index contributed by atoms with van der Waals surface area (Å²) < 4.78 is 1.44. The number of aromatic nitrogens is 1. The van der Waals surface area contributed by atoms with E-state index in [-0.39, 0.29) is 4.87 Å². The highest BCUT2D eigenvalue weighted by molar-refractivity contribution is 8.01. The van der Waals surface area contributed by atoms with Crippen LogP contribution in [0.25, 0.3) is 0 Å². The molecule has 0 aromatic carbocycles. The summed E-state index contributed by atoms with van der Waals surface area (Å²) in [6, 6.07) is 2.62. The van der Waals surface area contributed by atoms with Crippen LogP contribution in [0.2, 0.25) is 0 Å². The molecule has 2 N–H and O–H groups in total. The van der Waals surface area contributed by atoms with Gasteiger partial charge in [-0.1, -0.05) is 18.3 Å². The average molecular weight is 298 g/mol. The van der Waals surface area contributed by atoms with E-state index < -0.39 is 0 Å². The Morgan fingerprint density at radius 3 is 3.17 bits per heavy atom. The van der Waals surface area contributed by atoms with Crippen molar-refractivity contribution in [3.05, 3.63) is 37.8 Å². The smallest absolute Gasteiger partial charge is 0.304 e. The molecule has 0 saturated heterocycles. The maximum absolute atomic E-state index is 11.1. The standard InChI is InChI=1S/C12H14N2OS3/c1-7-4-10(9-2-3-16-11(9)18-7)13-5-8-6-17-12(15)14-8/h2-3,6-7,10,13H,4-5H2,1H3,(H,14,15)/t7-,10?/m0/s1. The Balaban J connectivity index is 1.72. The number of nitrogens with one attached hydrogen (secondary N) is 2. The average Bonchev–Trinajstić information content (AvgIpc) is 2.94. The van der Waals surface area contributed by atoms with Crippen LogP contribution in [0.5, 0.6) is 0 Å². The molecule has 0 saturated carbocycles. The molecule has 1 aliphatic heterocycles. The highest BCUT2D eigenvalue weighted by atomic mass is 32.2. The fourth-order valence-electron chi connectivity index (χ4n) is 2.18. The lowest BCUT2D eigenvalue weighted by atomic mass is 10.0. The predicted molar refractivity (Wildman–Crippen MR) is 78.8 cm³/mol. The van der Waals surface area contributed by atoms with Crippen LogP contribution in [0.3, 0.4) is 0 Å². The summed E-state index contributed by atoms with van der Waals surface area (Å²) in [5, 5.41) is 8.26. The third-order valence-electron chi connectivity index (χ3n) is 3.02. The van der Waals surface area contributed by atoms with E-state index in [1.165, 1.54) is 21.1 Å². The molecule has 3 rings (SSSR count). The highest BCUT2D eigenvalue weighted by Gasteiger charge is 2.25. The van der Waals surface area contributed by atoms with E-state index in [1.807, 2.05) is 28.5 Å². The first-order valence-electron chi connectivity index (χ1n) is 5.86. The molecule has 2 atom stereocenters. The Morgan fingerprint density at radius 2 is 2.39 bits per heavy atom. The molecular weight excluding hydrogens is 284 g/mol. The number of thiophene rings is 1. The molecule has 0 fully saturated rings. The van der Waals surface area contributed by atoms with E-state index in [2.05, 4.69) is 28.7 Å². The van der Waals surface area contributed by atoms with Gasteiger partial charge in [-0.2, -0.15) is 0 Å². The summed E-state index contributed by atoms with van der Waals surface area (Å²) in [6.07, 6.45) is 1.14. The zero-order chi connectivity index (χ0) is 12.5. The number of rotatable bonds is 3. The molecule has 3 heterocycles. The topological polar surface area (TPSA) is 44.9 Å². The fraction of sp³-hybridized carbons (Fsp3) is 0.417. The quantitative estimate of drug-likeness (QED) is 0.914. The van der Waals surface area contributed by atoms with E-state index in [0.717, 1.165) is 18.7 Å². The first-order chi connectivity index (χ1) is 8.72. The van der Waals surface area contributed by atoms with Gasteiger partial charge in [0.1, 0.15) is 0 Å². The Kier molecular flexibility index (Phi) is 3.61. The number of thiazole rings is 1. The van der Waals surface area contributed by atoms with Crippen LogP contribution in [0.15, 0.2) is 25.8 Å². The van der Waals surface area contributed by atoms with Crippen molar-refractivity contribution in [2.45, 2.75) is 35.4 Å². The summed E-state index contributed by atoms with van der Waals surface area (Å²) in [4.78, 5) is 14.0. The van der Waals surface area contributed by atoms with Crippen molar-refractivity contribution in [3.63, 3.8) is 0 Å². The molecule has 96 valence electrons. The number of H-pyrrole nitrogens is 1. The molecule has 3 nitrogen and oxygen atoms in total. The van der Waals surface area contributed by atoms with Crippen LogP contribution >= 0.6 is 34.4 Å². The zero-order valence-electron chi connectivity index (χ0n) is 9.93. The van der Waals surface area contributed by atoms with Crippen LogP contribution in [0.4, 0.5) is 0 Å². The van der Waals surface area contributed by atoms with Crippen molar-refractivity contribution in [1.29, 1.82) is 0 Å². The van der Waals surface area contributed by atoms with Crippen LogP contribution in [0.1, 0.15) is 30.6 Å². The van der Waals surface area contributed by atoms with Gasteiger partial charge in [0.15, 0.2) is 0 Å². The van der Waals surface area contributed by atoms with Crippen molar-refractivity contribution in [2.24, 2.45) is 0 Å². The Labute approximate surface area is 118 Å². The van der Waals surface area contributed by atoms with Crippen molar-refractivity contribution >= 4 is 34.4 Å². The number of aromatic amines is 1. The summed E-state index contributed by atoms with van der Waals surface area (Å²) in [5.41, 5.74) is 2.40. The van der Waals surface area contributed by atoms with Crippen LogP contribution in [-0.4, -0.2) is 10.2 Å². The molecule has 2 aromatic rings. The van der Waals surface area contributed by atoms with Crippen molar-refractivity contribution in [1.82, 2.24) is 10.3 Å². The second-order valence-corrected chi connectivity index (χ2v) is 7.90. The highest BCUT2D eigenvalue weighted by Crippen LogP contribution is 2.43. The molecule has 0 spiro atoms. The summed E-state index contributed by atoms with van der Waals surface area (Å²) in [7, 11) is 0. The second-order valence-electron chi connectivity index (χ2n) is 4.43. The molecule has 1 aliphatic rings. The monoisotopic (exact) mass is 298 g/mol. The molecular formula is C12H14N2OS3. The predicted octanol–water partition coefficient (Wildman–Crippen LogP) is 3.21. The van der Waals surface area contributed by atoms with Gasteiger partial charge >= 0.3 is 4.87 Å². The number of hydrogen-bond donors (Lipinski definition) is 2. The maximum Gasteiger partial charge on any atom is 0.304 e. The SMILES string of the molecule is C[C@H]1CC(NCc2csc(=O)[nH]2)c2ccsc2S1. The number of hydrogen-bond acceptors (Lipinski definition) is 5. The van der Waals surface area contributed by atoms with Crippen molar-refractivity contribution in [3.8, 4) is 0 Å². The molecule has 18 heavy (non-hydrogen) atoms. The van der Waals surface area contributed by atoms with Gasteiger partial charge in [0, 0.05) is 28.9 Å². The lowest BCUT2D eigenvalue weighted by molar-refractivity contribution is 0.485. The molecule has 6 heteroatoms. The summed E-state index contributed by atoms with van der Waals surface area (Å²) in [5.74, 6) is 0. The molecule has 2 aromatic heterocycles. The van der Waals surface area contributed by atoms with E-state index in [1.54, 1.807) is 0 Å². The minimum absolute atomic E-state index is 0.0237. The first kappa shape index (κ1) is 12.5. The van der Waals surface area contributed by atoms with Gasteiger partial charge in [0.25, 0.3) is 0 Å². The van der Waals surface area contributed by atoms with Crippen molar-refractivity contribution in [2.75, 3.05) is 0 Å². The third kappa shape index (κ3) is 2.56. The van der Waals surface area contributed by atoms with E-state index >= 15 is 0 Å². The van der Waals surface area contributed by atoms with Crippen LogP contribution in [-0.2, 0) is 6.54 Å². The number of thioether (sulfide) groups is 1. The summed E-state index contributed by atoms with van der Waals surface area (Å²) in [6.45, 7) is 3.00. The molecule has 0 aliphatic carbocycles. The number of fused-ring (bicyclic) bond motifs is 1. The lowest BCUT2D eigenvalue weighted by Gasteiger charge is -2.27.